The molecule has 2 nitrogen and oxygen atoms in total. The lowest BCUT2D eigenvalue weighted by atomic mass is 9.78. The maximum Gasteiger partial charge on any atom is 0.125 e. The number of aryl methyl sites for hydroxylation is 1. The number of halogens is 2. The predicted octanol–water partition coefficient (Wildman–Crippen LogP) is 5.45. The van der Waals surface area contributed by atoms with E-state index in [4.69, 9.17) is 23.2 Å². The lowest BCUT2D eigenvalue weighted by molar-refractivity contribution is 0.778. The third-order valence-electron chi connectivity index (χ3n) is 4.35. The fraction of sp³-hybridized carbons (Fsp3) is 0.158. The van der Waals surface area contributed by atoms with Crippen molar-refractivity contribution < 1.29 is 0 Å². The Morgan fingerprint density at radius 2 is 1.87 bits per heavy atom. The molecule has 0 bridgehead atoms. The van der Waals surface area contributed by atoms with Gasteiger partial charge in [-0.3, -0.25) is 0 Å². The highest BCUT2D eigenvalue weighted by Gasteiger charge is 2.27. The van der Waals surface area contributed by atoms with Gasteiger partial charge in [-0.15, -0.1) is 0 Å². The molecule has 1 aliphatic rings. The van der Waals surface area contributed by atoms with Crippen LogP contribution in [-0.4, -0.2) is 9.97 Å². The minimum Gasteiger partial charge on any atom is -0.241 e. The molecular weight excluding hydrogens is 327 g/mol. The molecular formula is C19H14Cl2N2. The fourth-order valence-electron chi connectivity index (χ4n) is 3.25. The minimum absolute atomic E-state index is 0.236. The van der Waals surface area contributed by atoms with E-state index in [1.54, 1.807) is 0 Å². The van der Waals surface area contributed by atoms with Crippen LogP contribution >= 0.6 is 23.2 Å². The van der Waals surface area contributed by atoms with E-state index in [0.29, 0.717) is 10.0 Å². The fourth-order valence-corrected chi connectivity index (χ4v) is 3.56. The molecule has 1 aliphatic carbocycles. The van der Waals surface area contributed by atoms with E-state index in [-0.39, 0.29) is 5.92 Å². The van der Waals surface area contributed by atoms with Crippen LogP contribution in [0.2, 0.25) is 10.0 Å². The molecule has 0 unspecified atom stereocenters. The quantitative estimate of drug-likeness (QED) is 0.588. The van der Waals surface area contributed by atoms with Crippen molar-refractivity contribution in [2.45, 2.75) is 19.3 Å². The highest BCUT2D eigenvalue weighted by atomic mass is 35.5. The molecule has 1 heterocycles. The van der Waals surface area contributed by atoms with Gasteiger partial charge in [0.05, 0.1) is 15.7 Å². The third kappa shape index (κ3) is 2.52. The molecule has 1 aromatic heterocycles. The van der Waals surface area contributed by atoms with E-state index in [0.717, 1.165) is 23.5 Å². The van der Waals surface area contributed by atoms with E-state index in [9.17, 15) is 0 Å². The maximum absolute atomic E-state index is 6.22. The molecule has 3 aromatic rings. The summed E-state index contributed by atoms with van der Waals surface area (Å²) in [4.78, 5) is 9.02. The molecule has 0 saturated heterocycles. The van der Waals surface area contributed by atoms with Gasteiger partial charge in [-0.1, -0.05) is 53.5 Å². The molecule has 0 N–H and O–H groups in total. The second-order valence-electron chi connectivity index (χ2n) is 5.81. The summed E-state index contributed by atoms with van der Waals surface area (Å²) in [5.41, 5.74) is 5.83. The standard InChI is InChI=1S/C19H14Cl2N2/c1-11-22-10-13-8-16(12-6-7-17(20)18(21)9-12)14-4-2-3-5-15(14)19(13)23-11/h2-7,9-10,16H,8H2,1H3/t16-/m0/s1. The topological polar surface area (TPSA) is 25.8 Å². The van der Waals surface area contributed by atoms with Gasteiger partial charge in [0.15, 0.2) is 0 Å². The van der Waals surface area contributed by atoms with Gasteiger partial charge in [-0.25, -0.2) is 9.97 Å². The number of aromatic nitrogens is 2. The normalized spacial score (nSPS) is 15.9. The van der Waals surface area contributed by atoms with Crippen LogP contribution in [0.4, 0.5) is 0 Å². The lowest BCUT2D eigenvalue weighted by Gasteiger charge is -2.27. The molecule has 4 heteroatoms. The average Bonchev–Trinajstić information content (AvgIpc) is 2.57. The van der Waals surface area contributed by atoms with Gasteiger partial charge in [0, 0.05) is 17.7 Å². The second-order valence-corrected chi connectivity index (χ2v) is 6.62. The van der Waals surface area contributed by atoms with E-state index < -0.39 is 0 Å². The molecule has 114 valence electrons. The first-order valence-electron chi connectivity index (χ1n) is 7.50. The van der Waals surface area contributed by atoms with Gasteiger partial charge in [-0.05, 0) is 42.2 Å². The van der Waals surface area contributed by atoms with Crippen LogP contribution in [0.1, 0.15) is 28.4 Å². The van der Waals surface area contributed by atoms with Crippen molar-refractivity contribution in [3.05, 3.63) is 81.2 Å². The Morgan fingerprint density at radius 1 is 1.04 bits per heavy atom. The number of benzene rings is 2. The highest BCUT2D eigenvalue weighted by Crippen LogP contribution is 2.42. The average molecular weight is 341 g/mol. The van der Waals surface area contributed by atoms with E-state index in [1.165, 1.54) is 16.7 Å². The molecule has 0 fully saturated rings. The van der Waals surface area contributed by atoms with Crippen LogP contribution in [0.3, 0.4) is 0 Å². The van der Waals surface area contributed by atoms with Gasteiger partial charge in [0.1, 0.15) is 5.82 Å². The van der Waals surface area contributed by atoms with Crippen molar-refractivity contribution in [1.29, 1.82) is 0 Å². The molecule has 0 amide bonds. The molecule has 0 aliphatic heterocycles. The summed E-state index contributed by atoms with van der Waals surface area (Å²) in [6.07, 6.45) is 2.81. The number of fused-ring (bicyclic) bond motifs is 3. The maximum atomic E-state index is 6.22. The SMILES string of the molecule is Cc1ncc2c(n1)-c1ccccc1[C@H](c1ccc(Cl)c(Cl)c1)C2. The Hall–Kier alpha value is -1.90. The zero-order chi connectivity index (χ0) is 16.0. The first-order valence-corrected chi connectivity index (χ1v) is 8.26. The van der Waals surface area contributed by atoms with Gasteiger partial charge >= 0.3 is 0 Å². The molecule has 0 saturated carbocycles. The Morgan fingerprint density at radius 3 is 2.70 bits per heavy atom. The Bertz CT molecular complexity index is 906. The van der Waals surface area contributed by atoms with Crippen LogP contribution < -0.4 is 0 Å². The Kier molecular flexibility index (Phi) is 3.59. The van der Waals surface area contributed by atoms with E-state index >= 15 is 0 Å². The summed E-state index contributed by atoms with van der Waals surface area (Å²) < 4.78 is 0. The largest absolute Gasteiger partial charge is 0.241 e. The van der Waals surface area contributed by atoms with Crippen molar-refractivity contribution in [1.82, 2.24) is 9.97 Å². The van der Waals surface area contributed by atoms with Crippen LogP contribution in [-0.2, 0) is 6.42 Å². The minimum atomic E-state index is 0.236. The summed E-state index contributed by atoms with van der Waals surface area (Å²) in [6, 6.07) is 14.3. The van der Waals surface area contributed by atoms with Crippen LogP contribution in [0.15, 0.2) is 48.7 Å². The molecule has 0 spiro atoms. The van der Waals surface area contributed by atoms with Gasteiger partial charge in [0.2, 0.25) is 0 Å². The Balaban J connectivity index is 1.90. The van der Waals surface area contributed by atoms with Crippen molar-refractivity contribution in [3.63, 3.8) is 0 Å². The van der Waals surface area contributed by atoms with Crippen molar-refractivity contribution >= 4 is 23.2 Å². The molecule has 23 heavy (non-hydrogen) atoms. The highest BCUT2D eigenvalue weighted by molar-refractivity contribution is 6.42. The smallest absolute Gasteiger partial charge is 0.125 e. The third-order valence-corrected chi connectivity index (χ3v) is 5.09. The number of hydrogen-bond donors (Lipinski definition) is 0. The summed E-state index contributed by atoms with van der Waals surface area (Å²) in [5.74, 6) is 1.03. The van der Waals surface area contributed by atoms with E-state index in [2.05, 4.69) is 40.3 Å². The number of nitrogens with zero attached hydrogens (tertiary/aromatic N) is 2. The van der Waals surface area contributed by atoms with Crippen LogP contribution in [0, 0.1) is 6.92 Å². The van der Waals surface area contributed by atoms with Gasteiger partial charge in [0.25, 0.3) is 0 Å². The molecule has 2 aromatic carbocycles. The summed E-state index contributed by atoms with van der Waals surface area (Å²) in [6.45, 7) is 1.92. The number of rotatable bonds is 1. The van der Waals surface area contributed by atoms with Gasteiger partial charge < -0.3 is 0 Å². The van der Waals surface area contributed by atoms with Crippen LogP contribution in [0.5, 0.6) is 0 Å². The van der Waals surface area contributed by atoms with Crippen LogP contribution in [0.25, 0.3) is 11.3 Å². The summed E-state index contributed by atoms with van der Waals surface area (Å²) in [5, 5.41) is 1.17. The van der Waals surface area contributed by atoms with Gasteiger partial charge in [-0.2, -0.15) is 0 Å². The predicted molar refractivity (Wildman–Crippen MR) is 94.2 cm³/mol. The monoisotopic (exact) mass is 340 g/mol. The summed E-state index contributed by atoms with van der Waals surface area (Å²) in [7, 11) is 0. The zero-order valence-electron chi connectivity index (χ0n) is 12.6. The zero-order valence-corrected chi connectivity index (χ0v) is 14.1. The second kappa shape index (κ2) is 5.63. The molecule has 4 rings (SSSR count). The van der Waals surface area contributed by atoms with E-state index in [1.807, 2.05) is 25.3 Å². The van der Waals surface area contributed by atoms with Crippen molar-refractivity contribution in [2.24, 2.45) is 0 Å². The first kappa shape index (κ1) is 14.7. The molecule has 0 radical (unpaired) electrons. The number of hydrogen-bond acceptors (Lipinski definition) is 2. The molecule has 1 atom stereocenters. The van der Waals surface area contributed by atoms with Crippen molar-refractivity contribution in [3.8, 4) is 11.3 Å². The first-order chi connectivity index (χ1) is 11.1. The summed E-state index contributed by atoms with van der Waals surface area (Å²) >= 11 is 12.3. The van der Waals surface area contributed by atoms with Crippen molar-refractivity contribution in [2.75, 3.05) is 0 Å². The lowest BCUT2D eigenvalue weighted by Crippen LogP contribution is -2.14. The Labute approximate surface area is 145 Å².